The third kappa shape index (κ3) is 4.47. The first-order valence-electron chi connectivity index (χ1n) is 8.28. The predicted octanol–water partition coefficient (Wildman–Crippen LogP) is 4.52. The van der Waals surface area contributed by atoms with Gasteiger partial charge in [0.2, 0.25) is 5.91 Å². The van der Waals surface area contributed by atoms with Crippen LogP contribution in [0.4, 0.5) is 0 Å². The highest BCUT2D eigenvalue weighted by molar-refractivity contribution is 9.09. The molecule has 0 aromatic carbocycles. The zero-order valence-electron chi connectivity index (χ0n) is 13.3. The monoisotopic (exact) mass is 343 g/mol. The summed E-state index contributed by atoms with van der Waals surface area (Å²) < 4.78 is 0. The molecule has 20 heavy (non-hydrogen) atoms. The van der Waals surface area contributed by atoms with Gasteiger partial charge >= 0.3 is 0 Å². The van der Waals surface area contributed by atoms with E-state index in [1.54, 1.807) is 0 Å². The minimum atomic E-state index is 0.273. The topological polar surface area (TPSA) is 29.1 Å². The summed E-state index contributed by atoms with van der Waals surface area (Å²) in [6.07, 6.45) is 8.34. The van der Waals surface area contributed by atoms with Crippen LogP contribution in [0.25, 0.3) is 0 Å². The summed E-state index contributed by atoms with van der Waals surface area (Å²) in [5, 5.41) is 3.21. The molecule has 0 heterocycles. The van der Waals surface area contributed by atoms with Crippen molar-refractivity contribution in [2.75, 3.05) is 6.54 Å². The van der Waals surface area contributed by atoms with Crippen molar-refractivity contribution < 1.29 is 4.79 Å². The van der Waals surface area contributed by atoms with E-state index in [-0.39, 0.29) is 5.92 Å². The fourth-order valence-corrected chi connectivity index (χ4v) is 4.60. The molecule has 0 radical (unpaired) electrons. The third-order valence-electron chi connectivity index (χ3n) is 5.36. The molecule has 2 aliphatic carbocycles. The Morgan fingerprint density at radius 3 is 2.25 bits per heavy atom. The van der Waals surface area contributed by atoms with Crippen LogP contribution in [0.3, 0.4) is 0 Å². The Morgan fingerprint density at radius 1 is 1.10 bits per heavy atom. The second kappa shape index (κ2) is 6.81. The third-order valence-corrected chi connectivity index (χ3v) is 6.20. The highest BCUT2D eigenvalue weighted by atomic mass is 79.9. The molecule has 0 aromatic heterocycles. The van der Waals surface area contributed by atoms with Crippen molar-refractivity contribution in [2.45, 2.75) is 70.5 Å². The minimum absolute atomic E-state index is 0.273. The Morgan fingerprint density at radius 2 is 1.75 bits per heavy atom. The molecular weight excluding hydrogens is 314 g/mol. The standard InChI is InChI=1S/C17H30BrNO/c1-17(2,3)14-7-5-13(6-8-14)16(20)19-11-12-4-9-15(18)10-12/h12-15H,4-11H2,1-3H3,(H,19,20). The fraction of sp³-hybridized carbons (Fsp3) is 0.941. The van der Waals surface area contributed by atoms with Crippen LogP contribution in [0.5, 0.6) is 0 Å². The van der Waals surface area contributed by atoms with Crippen LogP contribution in [0.1, 0.15) is 65.7 Å². The van der Waals surface area contributed by atoms with Gasteiger partial charge in [-0.3, -0.25) is 4.79 Å². The Kier molecular flexibility index (Phi) is 5.56. The van der Waals surface area contributed by atoms with Crippen LogP contribution >= 0.6 is 15.9 Å². The van der Waals surface area contributed by atoms with Gasteiger partial charge in [-0.1, -0.05) is 36.7 Å². The van der Waals surface area contributed by atoms with Crippen LogP contribution in [-0.2, 0) is 4.79 Å². The van der Waals surface area contributed by atoms with Gasteiger partial charge in [-0.05, 0) is 62.2 Å². The van der Waals surface area contributed by atoms with Crippen molar-refractivity contribution in [2.24, 2.45) is 23.2 Å². The van der Waals surface area contributed by atoms with E-state index < -0.39 is 0 Å². The van der Waals surface area contributed by atoms with Crippen molar-refractivity contribution in [3.8, 4) is 0 Å². The van der Waals surface area contributed by atoms with Gasteiger partial charge in [0.1, 0.15) is 0 Å². The van der Waals surface area contributed by atoms with Gasteiger partial charge < -0.3 is 5.32 Å². The zero-order valence-corrected chi connectivity index (χ0v) is 14.8. The van der Waals surface area contributed by atoms with Crippen LogP contribution in [0.2, 0.25) is 0 Å². The van der Waals surface area contributed by atoms with E-state index in [4.69, 9.17) is 0 Å². The van der Waals surface area contributed by atoms with E-state index in [9.17, 15) is 4.79 Å². The number of hydrogen-bond acceptors (Lipinski definition) is 1. The molecule has 1 amide bonds. The molecule has 2 atom stereocenters. The van der Waals surface area contributed by atoms with Gasteiger partial charge in [0.05, 0.1) is 0 Å². The molecule has 0 aliphatic heterocycles. The molecule has 116 valence electrons. The summed E-state index contributed by atoms with van der Waals surface area (Å²) in [6.45, 7) is 7.87. The van der Waals surface area contributed by atoms with E-state index in [0.717, 1.165) is 25.3 Å². The maximum absolute atomic E-state index is 12.3. The quantitative estimate of drug-likeness (QED) is 0.750. The number of nitrogens with one attached hydrogen (secondary N) is 1. The average molecular weight is 344 g/mol. The second-order valence-corrected chi connectivity index (χ2v) is 9.23. The van der Waals surface area contributed by atoms with Gasteiger partial charge in [-0.2, -0.15) is 0 Å². The molecule has 2 fully saturated rings. The van der Waals surface area contributed by atoms with Crippen molar-refractivity contribution in [1.82, 2.24) is 5.32 Å². The van der Waals surface area contributed by atoms with Crippen molar-refractivity contribution in [3.05, 3.63) is 0 Å². The summed E-state index contributed by atoms with van der Waals surface area (Å²) >= 11 is 3.67. The smallest absolute Gasteiger partial charge is 0.223 e. The zero-order chi connectivity index (χ0) is 14.8. The highest BCUT2D eigenvalue weighted by Crippen LogP contribution is 2.39. The lowest BCUT2D eigenvalue weighted by Gasteiger charge is -2.36. The summed E-state index contributed by atoms with van der Waals surface area (Å²) in [5.74, 6) is 2.06. The molecule has 2 rings (SSSR count). The van der Waals surface area contributed by atoms with Crippen molar-refractivity contribution in [3.63, 3.8) is 0 Å². The summed E-state index contributed by atoms with van der Waals surface area (Å²) in [4.78, 5) is 12.9. The first kappa shape index (κ1) is 16.3. The van der Waals surface area contributed by atoms with Crippen LogP contribution in [0, 0.1) is 23.2 Å². The van der Waals surface area contributed by atoms with E-state index >= 15 is 0 Å². The largest absolute Gasteiger partial charge is 0.356 e. The summed E-state index contributed by atoms with van der Waals surface area (Å²) in [5.41, 5.74) is 0.399. The van der Waals surface area contributed by atoms with Crippen molar-refractivity contribution in [1.29, 1.82) is 0 Å². The van der Waals surface area contributed by atoms with E-state index in [1.807, 2.05) is 0 Å². The average Bonchev–Trinajstić information content (AvgIpc) is 2.81. The number of alkyl halides is 1. The Hall–Kier alpha value is -0.0500. The molecule has 2 aliphatic rings. The minimum Gasteiger partial charge on any atom is -0.356 e. The SMILES string of the molecule is CC(C)(C)C1CCC(C(=O)NCC2CCC(Br)C2)CC1. The Balaban J connectivity index is 1.69. The molecule has 1 N–H and O–H groups in total. The number of amides is 1. The first-order chi connectivity index (χ1) is 9.36. The van der Waals surface area contributed by atoms with Crippen LogP contribution in [0.15, 0.2) is 0 Å². The molecule has 2 unspecified atom stereocenters. The second-order valence-electron chi connectivity index (χ2n) is 7.94. The Labute approximate surface area is 132 Å². The van der Waals surface area contributed by atoms with Crippen molar-refractivity contribution >= 4 is 21.8 Å². The number of halogens is 1. The molecular formula is C17H30BrNO. The highest BCUT2D eigenvalue weighted by Gasteiger charge is 2.32. The lowest BCUT2D eigenvalue weighted by atomic mass is 9.69. The first-order valence-corrected chi connectivity index (χ1v) is 9.19. The van der Waals surface area contributed by atoms with Gasteiger partial charge in [0.25, 0.3) is 0 Å². The van der Waals surface area contributed by atoms with E-state index in [0.29, 0.717) is 22.1 Å². The fourth-order valence-electron chi connectivity index (χ4n) is 3.81. The number of rotatable bonds is 3. The number of hydrogen-bond donors (Lipinski definition) is 1. The predicted molar refractivity (Wildman–Crippen MR) is 88.0 cm³/mol. The molecule has 0 aromatic rings. The molecule has 2 saturated carbocycles. The summed E-state index contributed by atoms with van der Waals surface area (Å²) in [6, 6.07) is 0. The van der Waals surface area contributed by atoms with Crippen LogP contribution in [-0.4, -0.2) is 17.3 Å². The van der Waals surface area contributed by atoms with Gasteiger partial charge in [-0.15, -0.1) is 0 Å². The summed E-state index contributed by atoms with van der Waals surface area (Å²) in [7, 11) is 0. The van der Waals surface area contributed by atoms with Gasteiger partial charge in [0.15, 0.2) is 0 Å². The Bertz CT molecular complexity index is 328. The lowest BCUT2D eigenvalue weighted by molar-refractivity contribution is -0.126. The molecule has 3 heteroatoms. The van der Waals surface area contributed by atoms with Gasteiger partial charge in [-0.25, -0.2) is 0 Å². The maximum Gasteiger partial charge on any atom is 0.223 e. The normalized spacial score (nSPS) is 35.0. The molecule has 0 saturated heterocycles. The van der Waals surface area contributed by atoms with E-state index in [2.05, 4.69) is 42.0 Å². The molecule has 0 spiro atoms. The molecule has 2 nitrogen and oxygen atoms in total. The molecule has 0 bridgehead atoms. The lowest BCUT2D eigenvalue weighted by Crippen LogP contribution is -2.37. The number of carbonyl (C=O) groups excluding carboxylic acids is 1. The number of carbonyl (C=O) groups is 1. The van der Waals surface area contributed by atoms with E-state index in [1.165, 1.54) is 32.1 Å². The maximum atomic E-state index is 12.3. The van der Waals surface area contributed by atoms with Crippen LogP contribution < -0.4 is 5.32 Å². The van der Waals surface area contributed by atoms with Gasteiger partial charge in [0, 0.05) is 17.3 Å².